The summed E-state index contributed by atoms with van der Waals surface area (Å²) in [7, 11) is 1.74. The number of hydrogen-bond donors (Lipinski definition) is 1. The van der Waals surface area contributed by atoms with Crippen LogP contribution < -0.4 is 20.1 Å². The van der Waals surface area contributed by atoms with E-state index >= 15 is 4.39 Å². The average molecular weight is 585 g/mol. The monoisotopic (exact) mass is 584 g/mol. The number of aromatic nitrogens is 3. The number of pyridine rings is 1. The zero-order valence-corrected chi connectivity index (χ0v) is 22.2. The van der Waals surface area contributed by atoms with Gasteiger partial charge in [0, 0.05) is 37.8 Å². The summed E-state index contributed by atoms with van der Waals surface area (Å²) in [6.07, 6.45) is -3.41. The molecule has 0 amide bonds. The molecule has 0 radical (unpaired) electrons. The van der Waals surface area contributed by atoms with Gasteiger partial charge < -0.3 is 20.1 Å². The molecule has 0 bridgehead atoms. The second-order valence-electron chi connectivity index (χ2n) is 10.5. The van der Waals surface area contributed by atoms with Crippen molar-refractivity contribution in [2.45, 2.75) is 43.6 Å². The maximum Gasteiger partial charge on any atom is 0.418 e. The second-order valence-corrected chi connectivity index (χ2v) is 11.0. The maximum atomic E-state index is 16.3. The van der Waals surface area contributed by atoms with Gasteiger partial charge in [0.2, 0.25) is 5.88 Å². The van der Waals surface area contributed by atoms with Crippen LogP contribution in [0.25, 0.3) is 22.2 Å². The van der Waals surface area contributed by atoms with Crippen LogP contribution in [0.5, 0.6) is 11.9 Å². The zero-order valence-electron chi connectivity index (χ0n) is 21.5. The fraction of sp³-hybridized carbons (Fsp3) is 0.500. The Morgan fingerprint density at radius 1 is 1.20 bits per heavy atom. The van der Waals surface area contributed by atoms with Crippen LogP contribution >= 0.6 is 11.6 Å². The molecule has 2 aromatic heterocycles. The molecule has 214 valence electrons. The number of ether oxygens (including phenoxy) is 2. The van der Waals surface area contributed by atoms with Gasteiger partial charge in [0.25, 0.3) is 0 Å². The molecular formula is C26H26ClF5N6O2. The van der Waals surface area contributed by atoms with Crippen LogP contribution in [-0.4, -0.2) is 71.5 Å². The van der Waals surface area contributed by atoms with E-state index in [1.165, 1.54) is 0 Å². The van der Waals surface area contributed by atoms with E-state index in [4.69, 9.17) is 26.8 Å². The van der Waals surface area contributed by atoms with Crippen LogP contribution in [0, 0.1) is 5.82 Å². The molecule has 6 rings (SSSR count). The van der Waals surface area contributed by atoms with E-state index in [1.807, 2.05) is 0 Å². The molecule has 14 heteroatoms. The van der Waals surface area contributed by atoms with Crippen molar-refractivity contribution in [3.8, 4) is 23.1 Å². The van der Waals surface area contributed by atoms with E-state index in [0.717, 1.165) is 31.5 Å². The summed E-state index contributed by atoms with van der Waals surface area (Å²) in [4.78, 5) is 16.8. The van der Waals surface area contributed by atoms with E-state index in [2.05, 4.69) is 19.9 Å². The Hall–Kier alpha value is -3.19. The summed E-state index contributed by atoms with van der Waals surface area (Å²) in [6.45, 7) is 1.85. The minimum absolute atomic E-state index is 0.0913. The lowest BCUT2D eigenvalue weighted by Crippen LogP contribution is -2.43. The number of alkyl halides is 4. The van der Waals surface area contributed by atoms with Gasteiger partial charge in [-0.05, 0) is 37.9 Å². The lowest BCUT2D eigenvalue weighted by Gasteiger charge is -2.31. The van der Waals surface area contributed by atoms with Gasteiger partial charge in [-0.25, -0.2) is 13.8 Å². The Bertz CT molecular complexity index is 1490. The number of nitrogens with two attached hydrogens (primary N) is 1. The van der Waals surface area contributed by atoms with Crippen LogP contribution in [0.15, 0.2) is 12.1 Å². The van der Waals surface area contributed by atoms with E-state index in [1.54, 1.807) is 11.9 Å². The van der Waals surface area contributed by atoms with Crippen molar-refractivity contribution in [2.24, 2.45) is 0 Å². The number of anilines is 2. The van der Waals surface area contributed by atoms with Crippen LogP contribution in [0.3, 0.4) is 0 Å². The summed E-state index contributed by atoms with van der Waals surface area (Å²) in [6, 6.07) is 1.73. The zero-order chi connectivity index (χ0) is 28.4. The van der Waals surface area contributed by atoms with Gasteiger partial charge in [-0.2, -0.15) is 23.1 Å². The van der Waals surface area contributed by atoms with Crippen LogP contribution in [0.2, 0.25) is 5.02 Å². The molecule has 3 aliphatic rings. The third-order valence-electron chi connectivity index (χ3n) is 7.83. The van der Waals surface area contributed by atoms with Crippen molar-refractivity contribution < 1.29 is 31.4 Å². The molecular weight excluding hydrogens is 559 g/mol. The number of fused-ring (bicyclic) bond motifs is 1. The van der Waals surface area contributed by atoms with Gasteiger partial charge in [-0.15, -0.1) is 0 Å². The number of benzene rings is 1. The van der Waals surface area contributed by atoms with Crippen LogP contribution in [-0.2, 0) is 6.18 Å². The summed E-state index contributed by atoms with van der Waals surface area (Å²) in [5, 5.41) is -0.590. The van der Waals surface area contributed by atoms with Crippen molar-refractivity contribution in [3.05, 3.63) is 28.5 Å². The summed E-state index contributed by atoms with van der Waals surface area (Å²) >= 11 is 5.93. The molecule has 2 atom stereocenters. The molecule has 8 nitrogen and oxygen atoms in total. The van der Waals surface area contributed by atoms with Gasteiger partial charge >= 0.3 is 12.2 Å². The number of rotatable bonds is 4. The largest absolute Gasteiger partial charge is 0.477 e. The van der Waals surface area contributed by atoms with Crippen LogP contribution in [0.1, 0.15) is 31.2 Å². The minimum Gasteiger partial charge on any atom is -0.477 e. The number of halogens is 6. The highest BCUT2D eigenvalue weighted by molar-refractivity contribution is 6.32. The average Bonchev–Trinajstić information content (AvgIpc) is 3.39. The van der Waals surface area contributed by atoms with Crippen molar-refractivity contribution in [3.63, 3.8) is 0 Å². The van der Waals surface area contributed by atoms with Crippen molar-refractivity contribution >= 4 is 34.0 Å². The first-order valence-corrected chi connectivity index (χ1v) is 13.3. The molecule has 2 fully saturated rings. The van der Waals surface area contributed by atoms with E-state index in [9.17, 15) is 17.6 Å². The molecule has 40 heavy (non-hydrogen) atoms. The third kappa shape index (κ3) is 4.52. The predicted molar refractivity (Wildman–Crippen MR) is 139 cm³/mol. The predicted octanol–water partition coefficient (Wildman–Crippen LogP) is 5.26. The first kappa shape index (κ1) is 27.0. The first-order valence-electron chi connectivity index (χ1n) is 12.9. The van der Waals surface area contributed by atoms with Gasteiger partial charge in [-0.1, -0.05) is 11.6 Å². The minimum atomic E-state index is -4.93. The highest BCUT2D eigenvalue weighted by atomic mass is 35.5. The van der Waals surface area contributed by atoms with Crippen molar-refractivity contribution in [1.82, 2.24) is 19.9 Å². The fourth-order valence-corrected chi connectivity index (χ4v) is 6.39. The maximum absolute atomic E-state index is 16.3. The first-order chi connectivity index (χ1) is 19.0. The normalized spacial score (nSPS) is 23.2. The SMILES string of the molecule is CN1CCCOc2nc(-c3cc(N)cc(Cl)c3C(F)(F)F)c(F)c3nc(OC[C@@]45CCCN4C[C@H](F)C5)nc1c23. The summed E-state index contributed by atoms with van der Waals surface area (Å²) in [5.74, 6) is -1.00. The van der Waals surface area contributed by atoms with Gasteiger partial charge in [0.05, 0.1) is 22.7 Å². The molecule has 0 aliphatic carbocycles. The topological polar surface area (TPSA) is 89.6 Å². The molecule has 3 aliphatic heterocycles. The highest BCUT2D eigenvalue weighted by Gasteiger charge is 2.49. The molecule has 5 heterocycles. The summed E-state index contributed by atoms with van der Waals surface area (Å²) < 4.78 is 84.5. The van der Waals surface area contributed by atoms with Gasteiger partial charge in [0.1, 0.15) is 35.2 Å². The number of nitrogen functional groups attached to an aromatic ring is 1. The Balaban J connectivity index is 1.52. The Kier molecular flexibility index (Phi) is 6.56. The molecule has 2 N–H and O–H groups in total. The van der Waals surface area contributed by atoms with E-state index in [-0.39, 0.29) is 47.5 Å². The fourth-order valence-electron chi connectivity index (χ4n) is 6.05. The smallest absolute Gasteiger partial charge is 0.418 e. The van der Waals surface area contributed by atoms with E-state index in [0.29, 0.717) is 25.9 Å². The summed E-state index contributed by atoms with van der Waals surface area (Å²) in [5.41, 5.74) is 2.27. The molecule has 1 aromatic carbocycles. The molecule has 0 unspecified atom stereocenters. The second kappa shape index (κ2) is 9.72. The molecule has 2 saturated heterocycles. The lowest BCUT2D eigenvalue weighted by atomic mass is 9.95. The molecule has 0 saturated carbocycles. The highest BCUT2D eigenvalue weighted by Crippen LogP contribution is 2.46. The molecule has 3 aromatic rings. The van der Waals surface area contributed by atoms with Crippen LogP contribution in [0.4, 0.5) is 33.5 Å². The Morgan fingerprint density at radius 3 is 2.77 bits per heavy atom. The molecule has 0 spiro atoms. The number of hydrogen-bond acceptors (Lipinski definition) is 8. The Morgan fingerprint density at radius 2 is 2.00 bits per heavy atom. The third-order valence-corrected chi connectivity index (χ3v) is 8.13. The van der Waals surface area contributed by atoms with Gasteiger partial charge in [0.15, 0.2) is 5.82 Å². The number of nitrogens with zero attached hydrogens (tertiary/aromatic N) is 5. The van der Waals surface area contributed by atoms with Crippen molar-refractivity contribution in [1.29, 1.82) is 0 Å². The Labute approximate surface area is 231 Å². The standard InChI is InChI=1S/C26H26ClF5N6O2/c1-37-5-3-7-39-23-17-21(19(29)20(34-23)15-8-14(33)9-16(27)18(15)26(30,31)32)35-24(36-22(17)37)40-12-25-4-2-6-38(25)11-13(28)10-25/h8-9,13H,2-7,10-12,33H2,1H3/t13-,25+/m1/s1. The van der Waals surface area contributed by atoms with Gasteiger partial charge in [-0.3, -0.25) is 4.90 Å². The quantitative estimate of drug-likeness (QED) is 0.328. The lowest BCUT2D eigenvalue weighted by molar-refractivity contribution is -0.137. The van der Waals surface area contributed by atoms with E-state index < -0.39 is 45.5 Å². The van der Waals surface area contributed by atoms with Crippen molar-refractivity contribution in [2.75, 3.05) is 50.5 Å².